The Morgan fingerprint density at radius 2 is 2.19 bits per heavy atom. The topological polar surface area (TPSA) is 103 Å². The zero-order valence-electron chi connectivity index (χ0n) is 11.5. The van der Waals surface area contributed by atoms with Crippen LogP contribution in [0.15, 0.2) is 34.0 Å². The average molecular weight is 374 g/mol. The SMILES string of the molecule is Cc1cc(Br)cnc1NS(=O)(=O)c1cnn(CCCN)c1. The number of sulfonamides is 1. The van der Waals surface area contributed by atoms with E-state index >= 15 is 0 Å². The van der Waals surface area contributed by atoms with Crippen molar-refractivity contribution in [1.29, 1.82) is 0 Å². The minimum atomic E-state index is -3.70. The molecule has 0 saturated carbocycles. The second-order valence-electron chi connectivity index (χ2n) is 4.51. The maximum Gasteiger partial charge on any atom is 0.266 e. The predicted molar refractivity (Wildman–Crippen MR) is 83.4 cm³/mol. The maximum atomic E-state index is 12.3. The normalized spacial score (nSPS) is 11.6. The van der Waals surface area contributed by atoms with Gasteiger partial charge in [-0.05, 0) is 47.4 Å². The highest BCUT2D eigenvalue weighted by molar-refractivity contribution is 9.10. The summed E-state index contributed by atoms with van der Waals surface area (Å²) in [5, 5.41) is 4.01. The highest BCUT2D eigenvalue weighted by atomic mass is 79.9. The summed E-state index contributed by atoms with van der Waals surface area (Å²) < 4.78 is 29.4. The maximum absolute atomic E-state index is 12.3. The van der Waals surface area contributed by atoms with E-state index in [2.05, 4.69) is 30.7 Å². The average Bonchev–Trinajstić information content (AvgIpc) is 2.89. The number of anilines is 1. The van der Waals surface area contributed by atoms with Crippen molar-refractivity contribution in [2.24, 2.45) is 5.73 Å². The zero-order chi connectivity index (χ0) is 15.5. The lowest BCUT2D eigenvalue weighted by atomic mass is 10.3. The summed E-state index contributed by atoms with van der Waals surface area (Å²) >= 11 is 3.28. The lowest BCUT2D eigenvalue weighted by Crippen LogP contribution is -2.14. The summed E-state index contributed by atoms with van der Waals surface area (Å²) in [5.74, 6) is 0.299. The third kappa shape index (κ3) is 4.02. The summed E-state index contributed by atoms with van der Waals surface area (Å²) in [6.45, 7) is 2.89. The highest BCUT2D eigenvalue weighted by Crippen LogP contribution is 2.20. The Bertz CT molecular complexity index is 729. The number of nitrogens with two attached hydrogens (primary N) is 1. The molecule has 0 atom stereocenters. The van der Waals surface area contributed by atoms with Gasteiger partial charge in [-0.15, -0.1) is 0 Å². The Morgan fingerprint density at radius 1 is 1.43 bits per heavy atom. The third-order valence-electron chi connectivity index (χ3n) is 2.79. The van der Waals surface area contributed by atoms with Gasteiger partial charge >= 0.3 is 0 Å². The number of nitrogens with one attached hydrogen (secondary N) is 1. The van der Waals surface area contributed by atoms with Gasteiger partial charge in [0.25, 0.3) is 10.0 Å². The van der Waals surface area contributed by atoms with Crippen molar-refractivity contribution in [2.45, 2.75) is 24.8 Å². The van der Waals surface area contributed by atoms with Crippen molar-refractivity contribution in [1.82, 2.24) is 14.8 Å². The summed E-state index contributed by atoms with van der Waals surface area (Å²) in [4.78, 5) is 4.16. The molecule has 0 aliphatic carbocycles. The summed E-state index contributed by atoms with van der Waals surface area (Å²) in [5.41, 5.74) is 6.14. The van der Waals surface area contributed by atoms with Crippen molar-refractivity contribution in [3.8, 4) is 0 Å². The van der Waals surface area contributed by atoms with Gasteiger partial charge in [-0.25, -0.2) is 13.4 Å². The van der Waals surface area contributed by atoms with Crippen molar-refractivity contribution in [3.63, 3.8) is 0 Å². The van der Waals surface area contributed by atoms with Crippen LogP contribution < -0.4 is 10.5 Å². The molecule has 0 aromatic carbocycles. The van der Waals surface area contributed by atoms with Gasteiger partial charge < -0.3 is 5.73 Å². The van der Waals surface area contributed by atoms with Crippen LogP contribution in [-0.4, -0.2) is 29.7 Å². The first-order valence-corrected chi connectivity index (χ1v) is 8.57. The fourth-order valence-electron chi connectivity index (χ4n) is 1.69. The summed E-state index contributed by atoms with van der Waals surface area (Å²) in [6, 6.07) is 1.79. The molecule has 0 aliphatic heterocycles. The van der Waals surface area contributed by atoms with Crippen LogP contribution >= 0.6 is 15.9 Å². The Morgan fingerprint density at radius 3 is 2.86 bits per heavy atom. The van der Waals surface area contributed by atoms with E-state index in [4.69, 9.17) is 5.73 Å². The summed E-state index contributed by atoms with van der Waals surface area (Å²) in [6.07, 6.45) is 5.07. The Labute approximate surface area is 131 Å². The third-order valence-corrected chi connectivity index (χ3v) is 4.51. The second-order valence-corrected chi connectivity index (χ2v) is 7.10. The van der Waals surface area contributed by atoms with Gasteiger partial charge in [-0.1, -0.05) is 0 Å². The highest BCUT2D eigenvalue weighted by Gasteiger charge is 2.18. The molecule has 0 amide bonds. The van der Waals surface area contributed by atoms with E-state index < -0.39 is 10.0 Å². The van der Waals surface area contributed by atoms with E-state index in [1.54, 1.807) is 17.7 Å². The minimum Gasteiger partial charge on any atom is -0.330 e. The minimum absolute atomic E-state index is 0.101. The molecule has 0 bridgehead atoms. The molecular weight excluding hydrogens is 358 g/mol. The fourth-order valence-corrected chi connectivity index (χ4v) is 3.17. The smallest absolute Gasteiger partial charge is 0.266 e. The number of aromatic nitrogens is 3. The number of hydrogen-bond acceptors (Lipinski definition) is 5. The fraction of sp³-hybridized carbons (Fsp3) is 0.333. The van der Waals surface area contributed by atoms with Gasteiger partial charge in [0.2, 0.25) is 0 Å². The lowest BCUT2D eigenvalue weighted by Gasteiger charge is -2.08. The standard InChI is InChI=1S/C12H16BrN5O2S/c1-9-5-10(13)6-15-12(9)17-21(19,20)11-7-16-18(8-11)4-2-3-14/h5-8H,2-4,14H2,1H3,(H,15,17). The molecule has 0 saturated heterocycles. The van der Waals surface area contributed by atoms with Crippen LogP contribution in [0.1, 0.15) is 12.0 Å². The van der Waals surface area contributed by atoms with Crippen LogP contribution in [0.3, 0.4) is 0 Å². The number of nitrogens with zero attached hydrogens (tertiary/aromatic N) is 3. The molecule has 9 heteroatoms. The first-order chi connectivity index (χ1) is 9.92. The van der Waals surface area contributed by atoms with E-state index in [-0.39, 0.29) is 4.90 Å². The molecule has 0 spiro atoms. The Hall–Kier alpha value is -1.45. The van der Waals surface area contributed by atoms with Gasteiger partial charge in [-0.2, -0.15) is 5.10 Å². The summed E-state index contributed by atoms with van der Waals surface area (Å²) in [7, 11) is -3.70. The quantitative estimate of drug-likeness (QED) is 0.798. The van der Waals surface area contributed by atoms with Gasteiger partial charge in [0, 0.05) is 23.4 Å². The molecule has 114 valence electrons. The van der Waals surface area contributed by atoms with E-state index in [9.17, 15) is 8.42 Å². The molecule has 3 N–H and O–H groups in total. The number of pyridine rings is 1. The van der Waals surface area contributed by atoms with Gasteiger partial charge in [0.15, 0.2) is 0 Å². The van der Waals surface area contributed by atoms with E-state index in [1.807, 2.05) is 0 Å². The van der Waals surface area contributed by atoms with Crippen LogP contribution in [0, 0.1) is 6.92 Å². The van der Waals surface area contributed by atoms with E-state index in [0.29, 0.717) is 18.9 Å². The van der Waals surface area contributed by atoms with Crippen LogP contribution in [0.25, 0.3) is 0 Å². The molecule has 7 nitrogen and oxygen atoms in total. The number of aryl methyl sites for hydroxylation is 2. The molecule has 0 aliphatic rings. The first kappa shape index (κ1) is 15.9. The van der Waals surface area contributed by atoms with Gasteiger partial charge in [-0.3, -0.25) is 9.40 Å². The molecule has 2 rings (SSSR count). The zero-order valence-corrected chi connectivity index (χ0v) is 13.9. The van der Waals surface area contributed by atoms with Crippen molar-refractivity contribution >= 4 is 31.8 Å². The molecule has 2 heterocycles. The number of rotatable bonds is 6. The Kier molecular flexibility index (Phi) is 4.96. The molecule has 0 fully saturated rings. The molecule has 0 unspecified atom stereocenters. The van der Waals surface area contributed by atoms with Crippen LogP contribution in [0.2, 0.25) is 0 Å². The number of hydrogen-bond donors (Lipinski definition) is 2. The number of halogens is 1. The largest absolute Gasteiger partial charge is 0.330 e. The molecule has 2 aromatic rings. The van der Waals surface area contributed by atoms with E-state index in [1.165, 1.54) is 18.6 Å². The monoisotopic (exact) mass is 373 g/mol. The van der Waals surface area contributed by atoms with Crippen molar-refractivity contribution in [3.05, 3.63) is 34.7 Å². The van der Waals surface area contributed by atoms with Crippen LogP contribution in [0.4, 0.5) is 5.82 Å². The van der Waals surface area contributed by atoms with E-state index in [0.717, 1.165) is 16.5 Å². The van der Waals surface area contributed by atoms with Crippen LogP contribution in [0.5, 0.6) is 0 Å². The van der Waals surface area contributed by atoms with Crippen molar-refractivity contribution < 1.29 is 8.42 Å². The van der Waals surface area contributed by atoms with Crippen molar-refractivity contribution in [2.75, 3.05) is 11.3 Å². The lowest BCUT2D eigenvalue weighted by molar-refractivity contribution is 0.582. The second kappa shape index (κ2) is 6.54. The van der Waals surface area contributed by atoms with Gasteiger partial charge in [0.1, 0.15) is 10.7 Å². The first-order valence-electron chi connectivity index (χ1n) is 6.30. The predicted octanol–water partition coefficient (Wildman–Crippen LogP) is 1.50. The van der Waals surface area contributed by atoms with Crippen LogP contribution in [-0.2, 0) is 16.6 Å². The van der Waals surface area contributed by atoms with Gasteiger partial charge in [0.05, 0.1) is 6.20 Å². The molecule has 21 heavy (non-hydrogen) atoms. The Balaban J connectivity index is 2.19. The molecule has 0 radical (unpaired) electrons. The molecular formula is C12H16BrN5O2S. The molecule has 2 aromatic heterocycles.